The molecule has 2 aromatic carbocycles. The second kappa shape index (κ2) is 6.88. The summed E-state index contributed by atoms with van der Waals surface area (Å²) < 4.78 is 6.33. The third-order valence-electron chi connectivity index (χ3n) is 4.18. The van der Waals surface area contributed by atoms with E-state index < -0.39 is 0 Å². The molecule has 2 aromatic rings. The summed E-state index contributed by atoms with van der Waals surface area (Å²) in [5.74, 6) is 0. The number of rotatable bonds is 4. The number of hydrogen-bond donors (Lipinski definition) is 1. The highest BCUT2D eigenvalue weighted by Gasteiger charge is 2.27. The van der Waals surface area contributed by atoms with Crippen LogP contribution in [0, 0.1) is 0 Å². The molecule has 2 nitrogen and oxygen atoms in total. The first kappa shape index (κ1) is 14.3. The van der Waals surface area contributed by atoms with Crippen molar-refractivity contribution in [2.24, 2.45) is 0 Å². The fraction of sp³-hybridized carbons (Fsp3) is 0.368. The van der Waals surface area contributed by atoms with Crippen molar-refractivity contribution in [1.82, 2.24) is 0 Å². The van der Waals surface area contributed by atoms with Gasteiger partial charge in [0.1, 0.15) is 6.10 Å². The van der Waals surface area contributed by atoms with E-state index in [0.717, 1.165) is 36.8 Å². The lowest BCUT2D eigenvalue weighted by atomic mass is 9.93. The van der Waals surface area contributed by atoms with Crippen molar-refractivity contribution in [3.8, 4) is 0 Å². The smallest absolute Gasteiger partial charge is 0.108 e. The number of aliphatic hydroxyl groups excluding tert-OH is 1. The Morgan fingerprint density at radius 2 is 1.33 bits per heavy atom. The van der Waals surface area contributed by atoms with Gasteiger partial charge >= 0.3 is 0 Å². The zero-order chi connectivity index (χ0) is 14.5. The first-order chi connectivity index (χ1) is 10.3. The predicted molar refractivity (Wildman–Crippen MR) is 84.1 cm³/mol. The SMILES string of the molecule is O[C@H]1CCCC[C@H]1OC(c1ccccc1)c1ccccc1. The van der Waals surface area contributed by atoms with Gasteiger partial charge in [0, 0.05) is 0 Å². The topological polar surface area (TPSA) is 29.5 Å². The minimum atomic E-state index is -0.339. The van der Waals surface area contributed by atoms with Gasteiger partial charge in [-0.1, -0.05) is 73.5 Å². The highest BCUT2D eigenvalue weighted by Crippen LogP contribution is 2.31. The van der Waals surface area contributed by atoms with Crippen LogP contribution in [0.15, 0.2) is 60.7 Å². The molecule has 21 heavy (non-hydrogen) atoms. The Morgan fingerprint density at radius 3 is 1.86 bits per heavy atom. The van der Waals surface area contributed by atoms with Crippen molar-refractivity contribution >= 4 is 0 Å². The molecule has 1 saturated carbocycles. The van der Waals surface area contributed by atoms with Gasteiger partial charge in [-0.3, -0.25) is 0 Å². The summed E-state index contributed by atoms with van der Waals surface area (Å²) in [7, 11) is 0. The van der Waals surface area contributed by atoms with Gasteiger partial charge < -0.3 is 9.84 Å². The maximum atomic E-state index is 10.2. The molecule has 0 spiro atoms. The number of benzene rings is 2. The molecule has 0 bridgehead atoms. The van der Waals surface area contributed by atoms with Crippen LogP contribution in [0.2, 0.25) is 0 Å². The standard InChI is InChI=1S/C19H22O2/c20-17-13-7-8-14-18(17)21-19(15-9-3-1-4-10-15)16-11-5-2-6-12-16/h1-6,9-12,17-20H,7-8,13-14H2/t17-,18+/m0/s1. The Kier molecular flexibility index (Phi) is 4.69. The van der Waals surface area contributed by atoms with Crippen LogP contribution in [-0.2, 0) is 4.74 Å². The minimum absolute atomic E-state index is 0.0656. The van der Waals surface area contributed by atoms with Crippen molar-refractivity contribution in [3.63, 3.8) is 0 Å². The molecule has 3 rings (SSSR count). The second-order valence-corrected chi connectivity index (χ2v) is 5.73. The summed E-state index contributed by atoms with van der Waals surface area (Å²) in [6.07, 6.45) is 3.52. The van der Waals surface area contributed by atoms with Gasteiger partial charge in [0.2, 0.25) is 0 Å². The third-order valence-corrected chi connectivity index (χ3v) is 4.18. The largest absolute Gasteiger partial charge is 0.390 e. The van der Waals surface area contributed by atoms with E-state index >= 15 is 0 Å². The Hall–Kier alpha value is -1.64. The molecule has 0 radical (unpaired) electrons. The van der Waals surface area contributed by atoms with Gasteiger partial charge in [-0.15, -0.1) is 0 Å². The van der Waals surface area contributed by atoms with Gasteiger partial charge in [-0.05, 0) is 24.0 Å². The molecular formula is C19H22O2. The van der Waals surface area contributed by atoms with Gasteiger partial charge in [0.25, 0.3) is 0 Å². The molecule has 0 aliphatic heterocycles. The number of ether oxygens (including phenoxy) is 1. The van der Waals surface area contributed by atoms with Crippen LogP contribution in [0.5, 0.6) is 0 Å². The van der Waals surface area contributed by atoms with Crippen molar-refractivity contribution < 1.29 is 9.84 Å². The maximum Gasteiger partial charge on any atom is 0.108 e. The monoisotopic (exact) mass is 282 g/mol. The zero-order valence-corrected chi connectivity index (χ0v) is 12.2. The minimum Gasteiger partial charge on any atom is -0.390 e. The van der Waals surface area contributed by atoms with Crippen molar-refractivity contribution in [3.05, 3.63) is 71.8 Å². The Labute approximate surface area is 126 Å². The lowest BCUT2D eigenvalue weighted by Gasteiger charge is -2.32. The number of aliphatic hydroxyl groups is 1. The molecule has 0 aromatic heterocycles. The van der Waals surface area contributed by atoms with E-state index in [1.165, 1.54) is 0 Å². The molecule has 110 valence electrons. The lowest BCUT2D eigenvalue weighted by Crippen LogP contribution is -2.33. The van der Waals surface area contributed by atoms with Gasteiger partial charge in [0.15, 0.2) is 0 Å². The highest BCUT2D eigenvalue weighted by atomic mass is 16.5. The van der Waals surface area contributed by atoms with E-state index in [2.05, 4.69) is 24.3 Å². The summed E-state index contributed by atoms with van der Waals surface area (Å²) in [6, 6.07) is 20.5. The van der Waals surface area contributed by atoms with Crippen LogP contribution in [0.3, 0.4) is 0 Å². The molecule has 0 unspecified atom stereocenters. The van der Waals surface area contributed by atoms with E-state index in [-0.39, 0.29) is 18.3 Å². The van der Waals surface area contributed by atoms with E-state index in [0.29, 0.717) is 0 Å². The number of hydrogen-bond acceptors (Lipinski definition) is 2. The highest BCUT2D eigenvalue weighted by molar-refractivity contribution is 5.30. The van der Waals surface area contributed by atoms with Gasteiger partial charge in [-0.2, -0.15) is 0 Å². The molecule has 2 atom stereocenters. The van der Waals surface area contributed by atoms with Crippen LogP contribution in [0.25, 0.3) is 0 Å². The quantitative estimate of drug-likeness (QED) is 0.915. The third kappa shape index (κ3) is 3.52. The van der Waals surface area contributed by atoms with Crippen LogP contribution < -0.4 is 0 Å². The van der Waals surface area contributed by atoms with Crippen molar-refractivity contribution in [1.29, 1.82) is 0 Å². The van der Waals surface area contributed by atoms with E-state index in [1.807, 2.05) is 36.4 Å². The molecule has 0 heterocycles. The molecule has 1 fully saturated rings. The first-order valence-corrected chi connectivity index (χ1v) is 7.78. The molecule has 0 amide bonds. The predicted octanol–water partition coefficient (Wildman–Crippen LogP) is 4.10. The summed E-state index contributed by atoms with van der Waals surface area (Å²) in [5.41, 5.74) is 2.28. The van der Waals surface area contributed by atoms with Crippen LogP contribution in [0.1, 0.15) is 42.9 Å². The average molecular weight is 282 g/mol. The zero-order valence-electron chi connectivity index (χ0n) is 12.2. The lowest BCUT2D eigenvalue weighted by molar-refractivity contribution is -0.0833. The van der Waals surface area contributed by atoms with Crippen LogP contribution >= 0.6 is 0 Å². The molecule has 0 saturated heterocycles. The molecule has 1 N–H and O–H groups in total. The molecular weight excluding hydrogens is 260 g/mol. The Morgan fingerprint density at radius 1 is 0.810 bits per heavy atom. The normalized spacial score (nSPS) is 22.4. The molecule has 1 aliphatic carbocycles. The van der Waals surface area contributed by atoms with Gasteiger partial charge in [-0.25, -0.2) is 0 Å². The Bertz CT molecular complexity index is 499. The van der Waals surface area contributed by atoms with Crippen LogP contribution in [0.4, 0.5) is 0 Å². The van der Waals surface area contributed by atoms with Crippen LogP contribution in [-0.4, -0.2) is 17.3 Å². The van der Waals surface area contributed by atoms with Crippen molar-refractivity contribution in [2.45, 2.75) is 44.0 Å². The van der Waals surface area contributed by atoms with E-state index in [4.69, 9.17) is 4.74 Å². The van der Waals surface area contributed by atoms with Gasteiger partial charge in [0.05, 0.1) is 12.2 Å². The summed E-state index contributed by atoms with van der Waals surface area (Å²) >= 11 is 0. The second-order valence-electron chi connectivity index (χ2n) is 5.73. The molecule has 2 heteroatoms. The fourth-order valence-corrected chi connectivity index (χ4v) is 3.02. The van der Waals surface area contributed by atoms with E-state index in [9.17, 15) is 5.11 Å². The van der Waals surface area contributed by atoms with Crippen molar-refractivity contribution in [2.75, 3.05) is 0 Å². The Balaban J connectivity index is 1.86. The fourth-order valence-electron chi connectivity index (χ4n) is 3.02. The summed E-state index contributed by atoms with van der Waals surface area (Å²) in [6.45, 7) is 0. The first-order valence-electron chi connectivity index (χ1n) is 7.78. The maximum absolute atomic E-state index is 10.2. The summed E-state index contributed by atoms with van der Waals surface area (Å²) in [4.78, 5) is 0. The van der Waals surface area contributed by atoms with E-state index in [1.54, 1.807) is 0 Å². The molecule has 1 aliphatic rings. The average Bonchev–Trinajstić information content (AvgIpc) is 2.56. The summed E-state index contributed by atoms with van der Waals surface area (Å²) in [5, 5.41) is 10.2.